The highest BCUT2D eigenvalue weighted by Gasteiger charge is 2.53. The number of carbonyl (C=O) groups is 2. The standard InChI is InChI=1S/C16H32O10Si3/c1-13(2)15(17)23-11-28(19-5,20-6)25-27(9,10)26-29(21-7,22-8)12-24-16(18)14(3)4/h1,3,11-12H2,2,4-10H3. The van der Waals surface area contributed by atoms with E-state index in [2.05, 4.69) is 13.2 Å². The molecule has 0 rings (SSSR count). The Balaban J connectivity index is 5.40. The van der Waals surface area contributed by atoms with Crippen LogP contribution in [0.2, 0.25) is 13.1 Å². The SMILES string of the molecule is C=C(C)C(=O)OC[Si](OC)(OC)O[Si](C)(C)O[Si](COC(=O)C(=C)C)(OC)OC. The molecule has 0 N–H and O–H groups in total. The van der Waals surface area contributed by atoms with Crippen molar-refractivity contribution in [3.8, 4) is 0 Å². The van der Waals surface area contributed by atoms with Crippen LogP contribution in [0.25, 0.3) is 0 Å². The molecule has 10 nitrogen and oxygen atoms in total. The molecule has 13 heteroatoms. The maximum absolute atomic E-state index is 11.7. The Morgan fingerprint density at radius 2 is 0.966 bits per heavy atom. The zero-order valence-corrected chi connectivity index (χ0v) is 21.4. The van der Waals surface area contributed by atoms with Gasteiger partial charge in [0.25, 0.3) is 0 Å². The molecule has 0 fully saturated rings. The van der Waals surface area contributed by atoms with Crippen LogP contribution >= 0.6 is 0 Å². The first kappa shape index (κ1) is 27.8. The first-order chi connectivity index (χ1) is 13.3. The second-order valence-electron chi connectivity index (χ2n) is 6.50. The van der Waals surface area contributed by atoms with Gasteiger partial charge >= 0.3 is 38.1 Å². The second-order valence-corrected chi connectivity index (χ2v) is 15.9. The summed E-state index contributed by atoms with van der Waals surface area (Å²) in [6.45, 7) is 13.5. The highest BCUT2D eigenvalue weighted by molar-refractivity contribution is 6.82. The quantitative estimate of drug-likeness (QED) is 0.211. The number of rotatable bonds is 14. The lowest BCUT2D eigenvalue weighted by molar-refractivity contribution is -0.139. The van der Waals surface area contributed by atoms with Crippen molar-refractivity contribution in [2.75, 3.05) is 40.9 Å². The van der Waals surface area contributed by atoms with Crippen molar-refractivity contribution in [1.82, 2.24) is 0 Å². The summed E-state index contributed by atoms with van der Waals surface area (Å²) in [7, 11) is -4.37. The van der Waals surface area contributed by atoms with Crippen molar-refractivity contribution in [3.63, 3.8) is 0 Å². The number of hydrogen-bond acceptors (Lipinski definition) is 10. The molecule has 0 saturated carbocycles. The van der Waals surface area contributed by atoms with Crippen LogP contribution in [0.4, 0.5) is 0 Å². The smallest absolute Gasteiger partial charge is 0.458 e. The highest BCUT2D eigenvalue weighted by Crippen LogP contribution is 2.23. The largest absolute Gasteiger partial charge is 0.531 e. The van der Waals surface area contributed by atoms with Crippen molar-refractivity contribution < 1.29 is 45.0 Å². The van der Waals surface area contributed by atoms with E-state index >= 15 is 0 Å². The molecule has 0 amide bonds. The van der Waals surface area contributed by atoms with Crippen LogP contribution in [0.15, 0.2) is 24.3 Å². The van der Waals surface area contributed by atoms with Crippen LogP contribution in [0.3, 0.4) is 0 Å². The van der Waals surface area contributed by atoms with Crippen molar-refractivity contribution >= 4 is 38.1 Å². The minimum Gasteiger partial charge on any atom is -0.458 e. The lowest BCUT2D eigenvalue weighted by Gasteiger charge is -2.38. The zero-order chi connectivity index (χ0) is 22.9. The van der Waals surface area contributed by atoms with E-state index in [1.165, 1.54) is 42.3 Å². The summed E-state index contributed by atoms with van der Waals surface area (Å²) in [6.07, 6.45) is -0.463. The molecule has 0 aliphatic heterocycles. The van der Waals surface area contributed by atoms with E-state index in [4.69, 9.17) is 35.4 Å². The van der Waals surface area contributed by atoms with Gasteiger partial charge in [0, 0.05) is 39.6 Å². The second kappa shape index (κ2) is 11.9. The Labute approximate surface area is 175 Å². The molecule has 0 unspecified atom stereocenters. The topological polar surface area (TPSA) is 108 Å². The molecule has 0 atom stereocenters. The molecule has 168 valence electrons. The first-order valence-electron chi connectivity index (χ1n) is 8.57. The fraction of sp³-hybridized carbons (Fsp3) is 0.625. The Kier molecular flexibility index (Phi) is 11.4. The van der Waals surface area contributed by atoms with Gasteiger partial charge in [-0.05, 0) is 26.9 Å². The predicted octanol–water partition coefficient (Wildman–Crippen LogP) is 1.50. The van der Waals surface area contributed by atoms with Crippen LogP contribution < -0.4 is 0 Å². The molecular formula is C16H32O10Si3. The van der Waals surface area contributed by atoms with E-state index in [1.807, 2.05) is 0 Å². The van der Waals surface area contributed by atoms with E-state index < -0.39 is 38.1 Å². The summed E-state index contributed by atoms with van der Waals surface area (Å²) in [5.41, 5.74) is 0.467. The van der Waals surface area contributed by atoms with E-state index in [0.29, 0.717) is 0 Å². The first-order valence-corrected chi connectivity index (χ1v) is 15.3. The van der Waals surface area contributed by atoms with E-state index in [1.54, 1.807) is 13.1 Å². The number of carbonyl (C=O) groups excluding carboxylic acids is 2. The summed E-state index contributed by atoms with van der Waals surface area (Å²) in [5, 5.41) is 0. The maximum atomic E-state index is 11.7. The van der Waals surface area contributed by atoms with E-state index in [-0.39, 0.29) is 23.6 Å². The highest BCUT2D eigenvalue weighted by atomic mass is 28.5. The maximum Gasteiger partial charge on any atom is 0.531 e. The summed E-state index contributed by atoms with van der Waals surface area (Å²) >= 11 is 0. The van der Waals surface area contributed by atoms with Gasteiger partial charge in [-0.2, -0.15) is 0 Å². The Morgan fingerprint density at radius 1 is 0.690 bits per heavy atom. The molecule has 0 heterocycles. The number of esters is 2. The fourth-order valence-electron chi connectivity index (χ4n) is 1.95. The Hall–Kier alpha value is -1.17. The predicted molar refractivity (Wildman–Crippen MR) is 111 cm³/mol. The lowest BCUT2D eigenvalue weighted by Crippen LogP contribution is -2.63. The summed E-state index contributed by atoms with van der Waals surface area (Å²) in [4.78, 5) is 23.5. The minimum absolute atomic E-state index is 0.232. The van der Waals surface area contributed by atoms with Gasteiger partial charge in [-0.15, -0.1) is 0 Å². The monoisotopic (exact) mass is 468 g/mol. The summed E-state index contributed by atoms with van der Waals surface area (Å²) in [5.74, 6) is -1.19. The third-order valence-corrected chi connectivity index (χ3v) is 13.4. The van der Waals surface area contributed by atoms with Crippen molar-refractivity contribution in [3.05, 3.63) is 24.3 Å². The molecule has 29 heavy (non-hydrogen) atoms. The minimum atomic E-state index is -3.43. The van der Waals surface area contributed by atoms with Gasteiger partial charge in [-0.25, -0.2) is 9.59 Å². The molecule has 0 aromatic rings. The molecule has 0 aliphatic rings. The van der Waals surface area contributed by atoms with Gasteiger partial charge in [-0.3, -0.25) is 0 Å². The van der Waals surface area contributed by atoms with Gasteiger partial charge in [0.1, 0.15) is 0 Å². The van der Waals surface area contributed by atoms with Crippen LogP contribution in [-0.2, 0) is 45.0 Å². The fourth-order valence-corrected chi connectivity index (χ4v) is 11.7. The van der Waals surface area contributed by atoms with Crippen LogP contribution in [-0.4, -0.2) is 79.0 Å². The van der Waals surface area contributed by atoms with Crippen LogP contribution in [0.5, 0.6) is 0 Å². The number of hydrogen-bond donors (Lipinski definition) is 0. The molecule has 0 aromatic carbocycles. The third-order valence-electron chi connectivity index (χ3n) is 3.50. The molecule has 0 saturated heterocycles. The third kappa shape index (κ3) is 9.02. The normalized spacial score (nSPS) is 12.4. The van der Waals surface area contributed by atoms with Crippen molar-refractivity contribution in [1.29, 1.82) is 0 Å². The molecule has 0 spiro atoms. The molecular weight excluding hydrogens is 436 g/mol. The average molecular weight is 469 g/mol. The molecule has 0 radical (unpaired) electrons. The zero-order valence-electron chi connectivity index (χ0n) is 18.4. The average Bonchev–Trinajstić information content (AvgIpc) is 2.67. The van der Waals surface area contributed by atoms with Crippen LogP contribution in [0.1, 0.15) is 13.8 Å². The van der Waals surface area contributed by atoms with Gasteiger partial charge in [-0.1, -0.05) is 13.2 Å². The molecule has 0 aromatic heterocycles. The van der Waals surface area contributed by atoms with Crippen molar-refractivity contribution in [2.45, 2.75) is 26.9 Å². The van der Waals surface area contributed by atoms with Gasteiger partial charge < -0.3 is 35.4 Å². The van der Waals surface area contributed by atoms with Gasteiger partial charge in [0.15, 0.2) is 12.5 Å². The van der Waals surface area contributed by atoms with E-state index in [9.17, 15) is 9.59 Å². The lowest BCUT2D eigenvalue weighted by atomic mass is 10.4. The molecule has 0 aliphatic carbocycles. The van der Waals surface area contributed by atoms with Crippen molar-refractivity contribution in [2.24, 2.45) is 0 Å². The van der Waals surface area contributed by atoms with E-state index in [0.717, 1.165) is 0 Å². The number of ether oxygens (including phenoxy) is 2. The van der Waals surface area contributed by atoms with Gasteiger partial charge in [0.05, 0.1) is 0 Å². The summed E-state index contributed by atoms with van der Waals surface area (Å²) < 4.78 is 44.3. The summed E-state index contributed by atoms with van der Waals surface area (Å²) in [6, 6.07) is 0. The van der Waals surface area contributed by atoms with Gasteiger partial charge in [0.2, 0.25) is 0 Å². The Bertz CT molecular complexity index is 550. The van der Waals surface area contributed by atoms with Crippen LogP contribution in [0, 0.1) is 0 Å². The molecule has 0 bridgehead atoms. The Morgan fingerprint density at radius 3 is 1.17 bits per heavy atom.